The maximum absolute atomic E-state index is 12.7. The fraction of sp³-hybridized carbons (Fsp3) is 0.620. The van der Waals surface area contributed by atoms with E-state index in [2.05, 4.69) is 234 Å². The van der Waals surface area contributed by atoms with E-state index in [0.717, 1.165) is 135 Å². The Labute approximate surface area is 645 Å². The zero-order valence-electron chi connectivity index (χ0n) is 68.5. The third-order valence-corrected chi connectivity index (χ3v) is 19.2. The molecule has 3 aliphatic rings. The first-order valence-corrected chi connectivity index (χ1v) is 41.1. The highest BCUT2D eigenvalue weighted by molar-refractivity contribution is 5.94. The van der Waals surface area contributed by atoms with Gasteiger partial charge in [0.25, 0.3) is 0 Å². The molecule has 0 aromatic carbocycles. The van der Waals surface area contributed by atoms with Crippen LogP contribution in [-0.4, -0.2) is 103 Å². The maximum Gasteiger partial charge on any atom is 0.333 e. The molecule has 0 aliphatic heterocycles. The second-order valence-electron chi connectivity index (χ2n) is 28.0. The van der Waals surface area contributed by atoms with E-state index in [9.17, 15) is 24.0 Å². The third kappa shape index (κ3) is 51.0. The molecule has 0 saturated carbocycles. The van der Waals surface area contributed by atoms with Gasteiger partial charge in [0.1, 0.15) is 11.6 Å². The lowest BCUT2D eigenvalue weighted by molar-refractivity contribution is -0.139. The molecule has 0 radical (unpaired) electrons. The van der Waals surface area contributed by atoms with Crippen molar-refractivity contribution in [3.05, 3.63) is 181 Å². The van der Waals surface area contributed by atoms with Gasteiger partial charge in [-0.05, 0) is 204 Å². The molecule has 9 atom stereocenters. The van der Waals surface area contributed by atoms with E-state index in [1.807, 2.05) is 25.2 Å². The molecule has 0 aromatic rings. The van der Waals surface area contributed by atoms with Crippen LogP contribution in [0, 0.1) is 23.7 Å². The summed E-state index contributed by atoms with van der Waals surface area (Å²) >= 11 is 0. The van der Waals surface area contributed by atoms with E-state index < -0.39 is 5.97 Å². The molecule has 14 heteroatoms. The van der Waals surface area contributed by atoms with Gasteiger partial charge in [-0.3, -0.25) is 14.4 Å². The van der Waals surface area contributed by atoms with Gasteiger partial charge in [0.05, 0.1) is 43.2 Å². The van der Waals surface area contributed by atoms with Gasteiger partial charge in [0.2, 0.25) is 5.91 Å². The minimum Gasteiger partial charge on any atom is -0.478 e. The van der Waals surface area contributed by atoms with Crippen molar-refractivity contribution in [3.8, 4) is 0 Å². The highest BCUT2D eigenvalue weighted by Gasteiger charge is 2.34. The Kier molecular flexibility index (Phi) is 63.8. The van der Waals surface area contributed by atoms with Gasteiger partial charge in [-0.2, -0.15) is 0 Å². The first kappa shape index (κ1) is 99.6. The lowest BCUT2D eigenvalue weighted by atomic mass is 9.80. The second-order valence-corrected chi connectivity index (χ2v) is 28.0. The number of carbonyl (C=O) groups excluding carboxylic acids is 4. The summed E-state index contributed by atoms with van der Waals surface area (Å²) < 4.78 is 23.4. The second kappa shape index (κ2) is 67.9. The lowest BCUT2D eigenvalue weighted by Crippen LogP contribution is -2.44. The Morgan fingerprint density at radius 1 is 0.425 bits per heavy atom. The Morgan fingerprint density at radius 3 is 1.07 bits per heavy atom. The number of carbonyl (C=O) groups is 5. The smallest absolute Gasteiger partial charge is 0.333 e. The quantitative estimate of drug-likeness (QED) is 0.0217. The topological polar surface area (TPSA) is 233 Å². The highest BCUT2D eigenvalue weighted by Crippen LogP contribution is 2.33. The monoisotopic (exact) mass is 1470 g/mol. The minimum atomic E-state index is -0.804. The summed E-state index contributed by atoms with van der Waals surface area (Å²) in [5.74, 6) is 0.551. The van der Waals surface area contributed by atoms with E-state index in [0.29, 0.717) is 105 Å². The maximum atomic E-state index is 12.7. The fourth-order valence-corrected chi connectivity index (χ4v) is 11.7. The predicted octanol–water partition coefficient (Wildman–Crippen LogP) is 21.2. The predicted molar refractivity (Wildman–Crippen MR) is 448 cm³/mol. The molecule has 0 saturated heterocycles. The van der Waals surface area contributed by atoms with Crippen LogP contribution in [0.4, 0.5) is 0 Å². The minimum absolute atomic E-state index is 0.0465. The summed E-state index contributed by atoms with van der Waals surface area (Å²) in [5.41, 5.74) is 19.7. The first-order chi connectivity index (χ1) is 51.2. The number of ketones is 2. The summed E-state index contributed by atoms with van der Waals surface area (Å²) in [6, 6.07) is -0.149. The van der Waals surface area contributed by atoms with Crippen LogP contribution in [-0.2, 0) is 42.9 Å². The molecule has 0 unspecified atom stereocenters. The summed E-state index contributed by atoms with van der Waals surface area (Å²) in [6.45, 7) is 28.7. The van der Waals surface area contributed by atoms with Crippen LogP contribution < -0.4 is 22.5 Å². The number of amides is 1. The molecule has 14 nitrogen and oxygen atoms in total. The average molecular weight is 1470 g/mol. The summed E-state index contributed by atoms with van der Waals surface area (Å²) in [6.07, 6.45) is 83.3. The molecule has 0 bridgehead atoms. The summed E-state index contributed by atoms with van der Waals surface area (Å²) in [7, 11) is 0. The highest BCUT2D eigenvalue weighted by atomic mass is 16.5. The standard InChI is InChI=1S/C38H60N2O3.C25H39NO.C15H27NO3.C14H24O3/c1-5-8-9-10-11-12-13-14-15-16-17-18-19-20-21-22-23-24-25-27-34(41)28-26-29-40-38(42)33-30-36(39)32(4)37(31-33)43-35(6-2)7-3;1-2-3-4-5-6-7-8-9-10-11-12-13-14-15-16-17-18-19-20-22-25(27)23-21-24-26;1-5-12(6-2)19-14-9-11(15(17)18-7-3)8-13(16)10(14)4;1-5-12(6-2)17-13-8-11(14(15)16)7-9(3)10(13)4/h8-9,11-12,14-15,17-18,20-21,23-24,31-32,35-37H,5-7,10,13,16,19,22,25-30,39H2,1-4H3,(H,40,42);3-4,6-7,9-10,12-13,15-16,18-19H,2,5,8,11,14,17,20-24,26H2,1H3;9-10,12-14H,5-8,16H2,1-4H3;8-10,12-13H,5-7H2,1-4H3,(H,15,16)/b9-8-,12-11-,15-14-,18-17-,21-20-,24-23-;4-3-,7-6-,10-9-,13-12-,16-15-,19-18-;;/t32-,36+,37-;;10-,13+,14-;9-,10+,13+/m1.10/s1. The number of Topliss-reactive ketones (excluding diaryl/α,β-unsaturated/α-hetero) is 2. The number of esters is 1. The van der Waals surface area contributed by atoms with Gasteiger partial charge in [-0.25, -0.2) is 9.59 Å². The van der Waals surface area contributed by atoms with E-state index in [-0.39, 0.29) is 78.2 Å². The van der Waals surface area contributed by atoms with Crippen molar-refractivity contribution in [2.45, 2.75) is 325 Å². The van der Waals surface area contributed by atoms with Gasteiger partial charge in [-0.15, -0.1) is 0 Å². The summed E-state index contributed by atoms with van der Waals surface area (Å²) in [5, 5.41) is 12.1. The van der Waals surface area contributed by atoms with Crippen molar-refractivity contribution in [2.24, 2.45) is 40.9 Å². The zero-order valence-corrected chi connectivity index (χ0v) is 68.5. The van der Waals surface area contributed by atoms with Crippen LogP contribution in [0.2, 0.25) is 0 Å². The number of carboxylic acid groups (broad SMARTS) is 1. The third-order valence-electron chi connectivity index (χ3n) is 19.2. The molecule has 0 heterocycles. The van der Waals surface area contributed by atoms with Crippen molar-refractivity contribution in [3.63, 3.8) is 0 Å². The van der Waals surface area contributed by atoms with E-state index in [4.69, 9.17) is 41.3 Å². The first-order valence-electron chi connectivity index (χ1n) is 41.1. The fourth-order valence-electron chi connectivity index (χ4n) is 11.7. The van der Waals surface area contributed by atoms with Gasteiger partial charge in [-0.1, -0.05) is 229 Å². The van der Waals surface area contributed by atoms with E-state index in [1.54, 1.807) is 0 Å². The lowest BCUT2D eigenvalue weighted by Gasteiger charge is -2.34. The average Bonchev–Trinajstić information content (AvgIpc) is 0.846. The number of rotatable bonds is 51. The van der Waals surface area contributed by atoms with Gasteiger partial charge in [0.15, 0.2) is 0 Å². The Hall–Kier alpha value is -6.39. The van der Waals surface area contributed by atoms with Crippen LogP contribution in [0.25, 0.3) is 0 Å². The van der Waals surface area contributed by atoms with Crippen molar-refractivity contribution in [1.29, 1.82) is 0 Å². The van der Waals surface area contributed by atoms with Crippen molar-refractivity contribution < 1.29 is 48.0 Å². The van der Waals surface area contributed by atoms with Crippen LogP contribution in [0.3, 0.4) is 0 Å². The number of hydrogen-bond donors (Lipinski definition) is 5. The van der Waals surface area contributed by atoms with Crippen molar-refractivity contribution in [1.82, 2.24) is 5.32 Å². The Morgan fingerprint density at radius 2 is 0.736 bits per heavy atom. The molecule has 8 N–H and O–H groups in total. The number of aliphatic carboxylic acids is 1. The molecule has 1 amide bonds. The SMILES string of the molecule is CC/C=C\C/C=C\C/C=C\C/C=C\C/C=C\C/C=C\CCC(=O)CCCN.CC/C=C\C/C=C\C/C=C\C/C=C\C/C=C\C/C=C\CCC(=O)CCCNC(=O)C1=C[C@@H](OC(CC)CC)[C@H](C)[C@@H](N)C1.CCC(CC)O[C@@H]1C=C(C(=O)O)C[C@H](C)[C@H]1C.CCOC(=O)C1=C[C@@H](OC(CC)CC)[C@H](C)[C@@H](N)C1. The molecule has 106 heavy (non-hydrogen) atoms. The van der Waals surface area contributed by atoms with Crippen molar-refractivity contribution in [2.75, 3.05) is 19.7 Å². The van der Waals surface area contributed by atoms with Gasteiger partial charge >= 0.3 is 11.9 Å². The van der Waals surface area contributed by atoms with E-state index in [1.165, 1.54) is 0 Å². The van der Waals surface area contributed by atoms with Crippen LogP contribution >= 0.6 is 0 Å². The van der Waals surface area contributed by atoms with Gasteiger partial charge < -0.3 is 46.6 Å². The largest absolute Gasteiger partial charge is 0.478 e. The summed E-state index contributed by atoms with van der Waals surface area (Å²) in [4.78, 5) is 59.3. The molecule has 0 spiro atoms. The molecular weight excluding hydrogens is 1320 g/mol. The Bertz CT molecular complexity index is 2800. The number of allylic oxidation sites excluding steroid dienone is 24. The van der Waals surface area contributed by atoms with Gasteiger partial charge in [0, 0.05) is 72.9 Å². The number of nitrogens with one attached hydrogen (secondary N) is 1. The molecule has 598 valence electrons. The molecule has 0 aromatic heterocycles. The van der Waals surface area contributed by atoms with Crippen LogP contribution in [0.1, 0.15) is 276 Å². The molecule has 3 aliphatic carbocycles. The number of hydrogen-bond acceptors (Lipinski definition) is 12. The Balaban J connectivity index is 0.00000149. The van der Waals surface area contributed by atoms with Crippen molar-refractivity contribution >= 4 is 29.4 Å². The number of nitrogens with two attached hydrogens (primary N) is 3. The van der Waals surface area contributed by atoms with Crippen LogP contribution in [0.5, 0.6) is 0 Å². The van der Waals surface area contributed by atoms with Crippen LogP contribution in [0.15, 0.2) is 181 Å². The molecule has 3 rings (SSSR count). The molecule has 0 fully saturated rings. The number of ether oxygens (including phenoxy) is 4. The molecular formula is C92H150N4O10. The normalized spacial score (nSPS) is 20.9. The number of carboxylic acids is 1. The van der Waals surface area contributed by atoms with E-state index >= 15 is 0 Å². The zero-order chi connectivity index (χ0) is 78.8.